The van der Waals surface area contributed by atoms with E-state index < -0.39 is 6.17 Å². The smallest absolute Gasteiger partial charge is 0.144 e. The highest BCUT2D eigenvalue weighted by molar-refractivity contribution is 9.11. The van der Waals surface area contributed by atoms with Crippen molar-refractivity contribution in [1.82, 2.24) is 0 Å². The quantitative estimate of drug-likeness (QED) is 0.765. The van der Waals surface area contributed by atoms with Crippen LogP contribution in [0.4, 0.5) is 5.69 Å². The molecule has 2 aromatic rings. The third-order valence-electron chi connectivity index (χ3n) is 2.34. The van der Waals surface area contributed by atoms with E-state index in [0.717, 1.165) is 20.2 Å². The Kier molecular flexibility index (Phi) is 4.63. The van der Waals surface area contributed by atoms with E-state index in [1.165, 1.54) is 0 Å². The SMILES string of the molecule is NC(N=Nc1ccc(Br)cc1Br)c1ccccc1. The van der Waals surface area contributed by atoms with E-state index in [1.54, 1.807) is 0 Å². The monoisotopic (exact) mass is 367 g/mol. The molecule has 18 heavy (non-hydrogen) atoms. The number of benzene rings is 2. The van der Waals surface area contributed by atoms with Gasteiger partial charge >= 0.3 is 0 Å². The van der Waals surface area contributed by atoms with Crippen molar-refractivity contribution in [2.24, 2.45) is 16.0 Å². The number of azo groups is 1. The number of halogens is 2. The molecule has 2 aromatic carbocycles. The van der Waals surface area contributed by atoms with Crippen molar-refractivity contribution in [3.8, 4) is 0 Å². The molecule has 0 aliphatic carbocycles. The lowest BCUT2D eigenvalue weighted by Gasteiger charge is -2.05. The van der Waals surface area contributed by atoms with Crippen LogP contribution in [0.2, 0.25) is 0 Å². The summed E-state index contributed by atoms with van der Waals surface area (Å²) in [5.74, 6) is 0. The first-order chi connectivity index (χ1) is 8.66. The molecule has 0 radical (unpaired) electrons. The van der Waals surface area contributed by atoms with Gasteiger partial charge in [0.15, 0.2) is 0 Å². The average molecular weight is 369 g/mol. The summed E-state index contributed by atoms with van der Waals surface area (Å²) in [4.78, 5) is 0. The molecule has 0 saturated heterocycles. The standard InChI is InChI=1S/C13H11Br2N3/c14-10-6-7-12(11(15)8-10)17-18-13(16)9-4-2-1-3-5-9/h1-8,13H,16H2. The molecule has 0 saturated carbocycles. The van der Waals surface area contributed by atoms with Gasteiger partial charge in [0, 0.05) is 8.95 Å². The van der Waals surface area contributed by atoms with Crippen LogP contribution in [0.5, 0.6) is 0 Å². The Morgan fingerprint density at radius 3 is 2.39 bits per heavy atom. The number of nitrogens with two attached hydrogens (primary N) is 1. The van der Waals surface area contributed by atoms with Gasteiger partial charge in [-0.05, 0) is 39.7 Å². The second kappa shape index (κ2) is 6.22. The summed E-state index contributed by atoms with van der Waals surface area (Å²) in [5, 5.41) is 8.27. The normalized spacial score (nSPS) is 12.8. The summed E-state index contributed by atoms with van der Waals surface area (Å²) in [7, 11) is 0. The predicted molar refractivity (Wildman–Crippen MR) is 79.7 cm³/mol. The number of hydrogen-bond acceptors (Lipinski definition) is 3. The van der Waals surface area contributed by atoms with Crippen molar-refractivity contribution >= 4 is 37.5 Å². The molecule has 5 heteroatoms. The number of rotatable bonds is 3. The summed E-state index contributed by atoms with van der Waals surface area (Å²) >= 11 is 6.81. The lowest BCUT2D eigenvalue weighted by atomic mass is 10.2. The lowest BCUT2D eigenvalue weighted by Crippen LogP contribution is -2.05. The third kappa shape index (κ3) is 3.48. The van der Waals surface area contributed by atoms with Crippen molar-refractivity contribution in [3.63, 3.8) is 0 Å². The molecule has 0 aliphatic heterocycles. The van der Waals surface area contributed by atoms with E-state index in [9.17, 15) is 0 Å². The minimum Gasteiger partial charge on any atom is -0.304 e. The average Bonchev–Trinajstić information content (AvgIpc) is 2.38. The summed E-state index contributed by atoms with van der Waals surface area (Å²) in [6.07, 6.45) is -0.443. The van der Waals surface area contributed by atoms with Crippen LogP contribution in [0.15, 0.2) is 67.7 Å². The molecule has 0 bridgehead atoms. The van der Waals surface area contributed by atoms with Crippen molar-refractivity contribution in [2.45, 2.75) is 6.17 Å². The second-order valence-corrected chi connectivity index (χ2v) is 5.44. The van der Waals surface area contributed by atoms with Crippen LogP contribution in [-0.4, -0.2) is 0 Å². The third-order valence-corrected chi connectivity index (χ3v) is 3.47. The van der Waals surface area contributed by atoms with Crippen LogP contribution in [0, 0.1) is 0 Å². The lowest BCUT2D eigenvalue weighted by molar-refractivity contribution is 0.726. The van der Waals surface area contributed by atoms with Crippen molar-refractivity contribution in [1.29, 1.82) is 0 Å². The van der Waals surface area contributed by atoms with E-state index >= 15 is 0 Å². The van der Waals surface area contributed by atoms with Gasteiger partial charge in [0.2, 0.25) is 0 Å². The minimum absolute atomic E-state index is 0.443. The molecule has 3 nitrogen and oxygen atoms in total. The van der Waals surface area contributed by atoms with Crippen molar-refractivity contribution in [2.75, 3.05) is 0 Å². The highest BCUT2D eigenvalue weighted by Gasteiger charge is 2.03. The van der Waals surface area contributed by atoms with Crippen LogP contribution >= 0.6 is 31.9 Å². The van der Waals surface area contributed by atoms with E-state index in [-0.39, 0.29) is 0 Å². The van der Waals surface area contributed by atoms with E-state index in [2.05, 4.69) is 42.1 Å². The predicted octanol–water partition coefficient (Wildman–Crippen LogP) is 4.95. The zero-order valence-electron chi connectivity index (χ0n) is 9.42. The van der Waals surface area contributed by atoms with Crippen LogP contribution in [0.25, 0.3) is 0 Å². The Bertz CT molecular complexity index is 555. The van der Waals surface area contributed by atoms with Crippen LogP contribution in [0.3, 0.4) is 0 Å². The molecule has 92 valence electrons. The Morgan fingerprint density at radius 2 is 1.72 bits per heavy atom. The topological polar surface area (TPSA) is 50.7 Å². The highest BCUT2D eigenvalue weighted by atomic mass is 79.9. The maximum atomic E-state index is 5.94. The van der Waals surface area contributed by atoms with Gasteiger partial charge in [-0.2, -0.15) is 10.2 Å². The molecular weight excluding hydrogens is 358 g/mol. The maximum Gasteiger partial charge on any atom is 0.144 e. The Hall–Kier alpha value is -1.04. The van der Waals surface area contributed by atoms with Crippen LogP contribution < -0.4 is 5.73 Å². The number of hydrogen-bond donors (Lipinski definition) is 1. The Balaban J connectivity index is 2.16. The molecule has 2 N–H and O–H groups in total. The zero-order valence-corrected chi connectivity index (χ0v) is 12.6. The molecule has 0 heterocycles. The molecule has 0 spiro atoms. The van der Waals surface area contributed by atoms with Gasteiger partial charge in [0.05, 0.1) is 5.69 Å². The van der Waals surface area contributed by atoms with Crippen LogP contribution in [-0.2, 0) is 0 Å². The van der Waals surface area contributed by atoms with Gasteiger partial charge in [0.25, 0.3) is 0 Å². The van der Waals surface area contributed by atoms with Gasteiger partial charge in [-0.1, -0.05) is 46.3 Å². The van der Waals surface area contributed by atoms with E-state index in [1.807, 2.05) is 48.5 Å². The summed E-state index contributed by atoms with van der Waals surface area (Å²) in [6, 6.07) is 15.4. The largest absolute Gasteiger partial charge is 0.304 e. The van der Waals surface area contributed by atoms with Gasteiger partial charge in [-0.25, -0.2) is 0 Å². The zero-order chi connectivity index (χ0) is 13.0. The molecule has 0 amide bonds. The first-order valence-electron chi connectivity index (χ1n) is 5.33. The van der Waals surface area contributed by atoms with Crippen molar-refractivity contribution in [3.05, 3.63) is 63.0 Å². The van der Waals surface area contributed by atoms with Gasteiger partial charge in [0.1, 0.15) is 6.17 Å². The molecule has 1 unspecified atom stereocenters. The van der Waals surface area contributed by atoms with Gasteiger partial charge in [-0.15, -0.1) is 0 Å². The van der Waals surface area contributed by atoms with Gasteiger partial charge in [-0.3, -0.25) is 0 Å². The van der Waals surface area contributed by atoms with E-state index in [0.29, 0.717) is 0 Å². The van der Waals surface area contributed by atoms with Crippen molar-refractivity contribution < 1.29 is 0 Å². The second-order valence-electron chi connectivity index (χ2n) is 3.67. The fourth-order valence-corrected chi connectivity index (χ4v) is 2.53. The number of nitrogens with zero attached hydrogens (tertiary/aromatic N) is 2. The first-order valence-corrected chi connectivity index (χ1v) is 6.92. The first kappa shape index (κ1) is 13.4. The van der Waals surface area contributed by atoms with Crippen LogP contribution in [0.1, 0.15) is 11.7 Å². The molecule has 2 rings (SSSR count). The minimum atomic E-state index is -0.443. The Labute approximate surface area is 122 Å². The molecular formula is C13H11Br2N3. The molecule has 0 aromatic heterocycles. The highest BCUT2D eigenvalue weighted by Crippen LogP contribution is 2.29. The Morgan fingerprint density at radius 1 is 1.00 bits per heavy atom. The summed E-state index contributed by atoms with van der Waals surface area (Å²) in [5.41, 5.74) is 7.63. The van der Waals surface area contributed by atoms with E-state index in [4.69, 9.17) is 5.73 Å². The fourth-order valence-electron chi connectivity index (χ4n) is 1.40. The summed E-state index contributed by atoms with van der Waals surface area (Å²) < 4.78 is 1.86. The maximum absolute atomic E-state index is 5.94. The van der Waals surface area contributed by atoms with Gasteiger partial charge < -0.3 is 5.73 Å². The fraction of sp³-hybridized carbons (Fsp3) is 0.0769. The summed E-state index contributed by atoms with van der Waals surface area (Å²) in [6.45, 7) is 0. The molecule has 0 fully saturated rings. The molecule has 0 aliphatic rings. The molecule has 1 atom stereocenters.